The van der Waals surface area contributed by atoms with E-state index in [1.807, 2.05) is 0 Å². The van der Waals surface area contributed by atoms with Gasteiger partial charge in [-0.2, -0.15) is 0 Å². The zero-order valence-corrected chi connectivity index (χ0v) is 12.6. The smallest absolute Gasteiger partial charge is 0.313 e. The number of carboxylic acid groups (broad SMARTS) is 1. The van der Waals surface area contributed by atoms with Crippen molar-refractivity contribution in [3.63, 3.8) is 0 Å². The van der Waals surface area contributed by atoms with Gasteiger partial charge in [0.15, 0.2) is 5.16 Å². The van der Waals surface area contributed by atoms with Crippen LogP contribution in [0.5, 0.6) is 0 Å². The fraction of sp³-hybridized carbons (Fsp3) is 0.786. The van der Waals surface area contributed by atoms with E-state index in [4.69, 9.17) is 5.11 Å². The summed E-state index contributed by atoms with van der Waals surface area (Å²) in [7, 11) is 0. The van der Waals surface area contributed by atoms with E-state index in [0.717, 1.165) is 16.9 Å². The number of rotatable bonds is 5. The molecule has 0 amide bonds. The molecule has 3 rings (SSSR count). The van der Waals surface area contributed by atoms with Crippen LogP contribution in [0.2, 0.25) is 0 Å². The minimum Gasteiger partial charge on any atom is -0.481 e. The average Bonchev–Trinajstić information content (AvgIpc) is 3.16. The van der Waals surface area contributed by atoms with E-state index >= 15 is 0 Å². The molecule has 1 heterocycles. The SMILES string of the molecule is CC1CCCC(n2c(SCC(=O)O)nnc2C2CC2)C1. The second-order valence-electron chi connectivity index (χ2n) is 6.09. The molecule has 2 saturated carbocycles. The topological polar surface area (TPSA) is 68.0 Å². The van der Waals surface area contributed by atoms with Crippen molar-refractivity contribution in [3.8, 4) is 0 Å². The van der Waals surface area contributed by atoms with Gasteiger partial charge in [0.25, 0.3) is 0 Å². The lowest BCUT2D eigenvalue weighted by molar-refractivity contribution is -0.133. The number of hydrogen-bond donors (Lipinski definition) is 1. The Morgan fingerprint density at radius 3 is 2.80 bits per heavy atom. The Morgan fingerprint density at radius 1 is 1.35 bits per heavy atom. The van der Waals surface area contributed by atoms with Crippen LogP contribution in [0.1, 0.15) is 63.2 Å². The lowest BCUT2D eigenvalue weighted by atomic mass is 9.87. The van der Waals surface area contributed by atoms with Crippen molar-refractivity contribution in [1.29, 1.82) is 0 Å². The lowest BCUT2D eigenvalue weighted by Crippen LogP contribution is -2.20. The van der Waals surface area contributed by atoms with Gasteiger partial charge in [0.05, 0.1) is 5.75 Å². The first-order valence-electron chi connectivity index (χ1n) is 7.44. The quantitative estimate of drug-likeness (QED) is 0.845. The Labute approximate surface area is 123 Å². The monoisotopic (exact) mass is 295 g/mol. The fourth-order valence-electron chi connectivity index (χ4n) is 3.11. The lowest BCUT2D eigenvalue weighted by Gasteiger charge is -2.29. The molecule has 2 aliphatic carbocycles. The average molecular weight is 295 g/mol. The third-order valence-electron chi connectivity index (χ3n) is 4.23. The van der Waals surface area contributed by atoms with Crippen LogP contribution < -0.4 is 0 Å². The van der Waals surface area contributed by atoms with Crippen molar-refractivity contribution in [2.24, 2.45) is 5.92 Å². The van der Waals surface area contributed by atoms with Crippen molar-refractivity contribution in [2.75, 3.05) is 5.75 Å². The standard InChI is InChI=1S/C14H21N3O2S/c1-9-3-2-4-11(7-9)17-13(10-5-6-10)15-16-14(17)20-8-12(18)19/h9-11H,2-8H2,1H3,(H,18,19). The highest BCUT2D eigenvalue weighted by atomic mass is 32.2. The van der Waals surface area contributed by atoms with Gasteiger partial charge < -0.3 is 9.67 Å². The van der Waals surface area contributed by atoms with Crippen LogP contribution in [0, 0.1) is 5.92 Å². The summed E-state index contributed by atoms with van der Waals surface area (Å²) in [5.41, 5.74) is 0. The van der Waals surface area contributed by atoms with Crippen molar-refractivity contribution in [3.05, 3.63) is 5.82 Å². The van der Waals surface area contributed by atoms with Gasteiger partial charge in [0.1, 0.15) is 5.82 Å². The summed E-state index contributed by atoms with van der Waals surface area (Å²) in [5.74, 6) is 1.65. The van der Waals surface area contributed by atoms with Crippen molar-refractivity contribution >= 4 is 17.7 Å². The molecule has 0 aliphatic heterocycles. The van der Waals surface area contributed by atoms with Crippen LogP contribution in [-0.2, 0) is 4.79 Å². The molecule has 110 valence electrons. The third kappa shape index (κ3) is 3.00. The molecule has 2 unspecified atom stereocenters. The first kappa shape index (κ1) is 13.9. The largest absolute Gasteiger partial charge is 0.481 e. The Morgan fingerprint density at radius 2 is 2.15 bits per heavy atom. The van der Waals surface area contributed by atoms with Crippen LogP contribution in [0.3, 0.4) is 0 Å². The molecule has 2 fully saturated rings. The van der Waals surface area contributed by atoms with Crippen LogP contribution in [0.4, 0.5) is 0 Å². The molecule has 1 N–H and O–H groups in total. The van der Waals surface area contributed by atoms with E-state index < -0.39 is 5.97 Å². The maximum Gasteiger partial charge on any atom is 0.313 e. The molecule has 0 radical (unpaired) electrons. The number of carboxylic acids is 1. The molecule has 0 saturated heterocycles. The summed E-state index contributed by atoms with van der Waals surface area (Å²) in [5, 5.41) is 18.3. The van der Waals surface area contributed by atoms with E-state index in [9.17, 15) is 4.79 Å². The molecule has 2 aliphatic rings. The number of aromatic nitrogens is 3. The number of nitrogens with zero attached hydrogens (tertiary/aromatic N) is 3. The second-order valence-corrected chi connectivity index (χ2v) is 7.04. The van der Waals surface area contributed by atoms with E-state index in [2.05, 4.69) is 21.7 Å². The van der Waals surface area contributed by atoms with Crippen molar-refractivity contribution in [2.45, 2.75) is 62.6 Å². The van der Waals surface area contributed by atoms with E-state index in [-0.39, 0.29) is 5.75 Å². The minimum absolute atomic E-state index is 0.0606. The Hall–Kier alpha value is -1.04. The van der Waals surface area contributed by atoms with Crippen LogP contribution in [0.15, 0.2) is 5.16 Å². The summed E-state index contributed by atoms with van der Waals surface area (Å²) < 4.78 is 2.26. The summed E-state index contributed by atoms with van der Waals surface area (Å²) in [6, 6.07) is 0.459. The first-order valence-corrected chi connectivity index (χ1v) is 8.43. The maximum absolute atomic E-state index is 10.8. The fourth-order valence-corrected chi connectivity index (χ4v) is 3.85. The van der Waals surface area contributed by atoms with Crippen LogP contribution in [0.25, 0.3) is 0 Å². The third-order valence-corrected chi connectivity index (χ3v) is 5.16. The summed E-state index contributed by atoms with van der Waals surface area (Å²) in [4.78, 5) is 10.8. The van der Waals surface area contributed by atoms with Gasteiger partial charge in [-0.1, -0.05) is 31.5 Å². The van der Waals surface area contributed by atoms with E-state index in [0.29, 0.717) is 12.0 Å². The Bertz CT molecular complexity index is 499. The predicted octanol–water partition coefficient (Wildman–Crippen LogP) is 3.08. The highest BCUT2D eigenvalue weighted by Crippen LogP contribution is 2.43. The van der Waals surface area contributed by atoms with Gasteiger partial charge >= 0.3 is 5.97 Å². The maximum atomic E-state index is 10.8. The molecule has 1 aromatic rings. The highest BCUT2D eigenvalue weighted by Gasteiger charge is 2.34. The summed E-state index contributed by atoms with van der Waals surface area (Å²) in [6.07, 6.45) is 7.28. The van der Waals surface area contributed by atoms with Crippen molar-refractivity contribution in [1.82, 2.24) is 14.8 Å². The van der Waals surface area contributed by atoms with Crippen molar-refractivity contribution < 1.29 is 9.90 Å². The zero-order valence-electron chi connectivity index (χ0n) is 11.8. The van der Waals surface area contributed by atoms with Gasteiger partial charge in [-0.3, -0.25) is 4.79 Å². The normalized spacial score (nSPS) is 26.6. The van der Waals surface area contributed by atoms with Gasteiger partial charge in [-0.05, 0) is 31.6 Å². The Balaban J connectivity index is 1.84. The number of hydrogen-bond acceptors (Lipinski definition) is 4. The minimum atomic E-state index is -0.797. The molecular formula is C14H21N3O2S. The number of aliphatic carboxylic acids is 1. The van der Waals surface area contributed by atoms with E-state index in [1.165, 1.54) is 50.3 Å². The molecule has 0 aromatic carbocycles. The molecule has 5 nitrogen and oxygen atoms in total. The van der Waals surface area contributed by atoms with Crippen LogP contribution in [-0.4, -0.2) is 31.6 Å². The number of carbonyl (C=O) groups is 1. The molecule has 0 spiro atoms. The zero-order chi connectivity index (χ0) is 14.1. The molecule has 20 heavy (non-hydrogen) atoms. The molecular weight excluding hydrogens is 274 g/mol. The molecule has 6 heteroatoms. The van der Waals surface area contributed by atoms with Gasteiger partial charge in [-0.25, -0.2) is 0 Å². The summed E-state index contributed by atoms with van der Waals surface area (Å²) in [6.45, 7) is 2.30. The highest BCUT2D eigenvalue weighted by molar-refractivity contribution is 7.99. The molecule has 2 atom stereocenters. The van der Waals surface area contributed by atoms with Gasteiger partial charge in [0.2, 0.25) is 0 Å². The molecule has 0 bridgehead atoms. The van der Waals surface area contributed by atoms with Gasteiger partial charge in [-0.15, -0.1) is 10.2 Å². The first-order chi connectivity index (χ1) is 9.65. The predicted molar refractivity (Wildman–Crippen MR) is 77.0 cm³/mol. The summed E-state index contributed by atoms with van der Waals surface area (Å²) >= 11 is 1.31. The number of thioether (sulfide) groups is 1. The molecule has 1 aromatic heterocycles. The van der Waals surface area contributed by atoms with Crippen LogP contribution >= 0.6 is 11.8 Å². The second kappa shape index (κ2) is 5.76. The Kier molecular flexibility index (Phi) is 4.01. The van der Waals surface area contributed by atoms with E-state index in [1.54, 1.807) is 0 Å². The van der Waals surface area contributed by atoms with Gasteiger partial charge in [0, 0.05) is 12.0 Å².